The third-order valence-electron chi connectivity index (χ3n) is 5.96. The van der Waals surface area contributed by atoms with E-state index in [4.69, 9.17) is 4.74 Å². The molecule has 2 aliphatic rings. The van der Waals surface area contributed by atoms with Crippen LogP contribution in [-0.4, -0.2) is 50.7 Å². The number of amides is 1. The Labute approximate surface area is 193 Å². The van der Waals surface area contributed by atoms with Gasteiger partial charge in [-0.05, 0) is 38.0 Å². The molecule has 3 aromatic heterocycles. The Bertz CT molecular complexity index is 1390. The van der Waals surface area contributed by atoms with Crippen molar-refractivity contribution in [1.82, 2.24) is 30.5 Å². The van der Waals surface area contributed by atoms with E-state index in [2.05, 4.69) is 35.8 Å². The van der Waals surface area contributed by atoms with Crippen LogP contribution in [0.4, 0.5) is 21.8 Å². The second-order valence-electron chi connectivity index (χ2n) is 8.67. The average molecular weight is 462 g/mol. The Kier molecular flexibility index (Phi) is 4.82. The van der Waals surface area contributed by atoms with Crippen molar-refractivity contribution in [3.8, 4) is 11.8 Å². The zero-order valence-corrected chi connectivity index (χ0v) is 18.5. The van der Waals surface area contributed by atoms with E-state index in [0.29, 0.717) is 47.4 Å². The maximum atomic E-state index is 15.1. The molecule has 1 aliphatic carbocycles. The molecule has 0 unspecified atom stereocenters. The molecule has 4 heterocycles. The number of aromatic nitrogens is 5. The summed E-state index contributed by atoms with van der Waals surface area (Å²) in [5.41, 5.74) is 2.62. The third kappa shape index (κ3) is 4.00. The van der Waals surface area contributed by atoms with E-state index in [-0.39, 0.29) is 24.2 Å². The number of aromatic amines is 2. The number of anilines is 3. The predicted molar refractivity (Wildman–Crippen MR) is 124 cm³/mol. The number of H-pyrrole nitrogens is 2. The lowest BCUT2D eigenvalue weighted by Crippen LogP contribution is -2.48. The molecule has 11 heteroatoms. The molecule has 1 aliphatic heterocycles. The van der Waals surface area contributed by atoms with E-state index < -0.39 is 5.82 Å². The first-order chi connectivity index (χ1) is 16.5. The number of aryl methyl sites for hydroxylation is 1. The van der Waals surface area contributed by atoms with Gasteiger partial charge in [-0.1, -0.05) is 0 Å². The molecule has 1 saturated carbocycles. The zero-order chi connectivity index (χ0) is 23.2. The van der Waals surface area contributed by atoms with Gasteiger partial charge in [0.1, 0.15) is 11.6 Å². The number of benzene rings is 1. The standard InChI is InChI=1S/C23H23FN8O2/c1-12-8-14-15(26-12)4-5-17(22(14)24)34-23-28-18(27-19-9-16(30-31-19)13-2-3-13)10-20(29-23)32-7-6-25-21(33)11-32/h4-5,8-10,13,26H,2-3,6-7,11H2,1H3,(H,25,33)(H2,27,28,29,30,31). The van der Waals surface area contributed by atoms with Crippen LogP contribution in [0.1, 0.15) is 30.1 Å². The summed E-state index contributed by atoms with van der Waals surface area (Å²) >= 11 is 0. The molecule has 1 amide bonds. The highest BCUT2D eigenvalue weighted by molar-refractivity contribution is 5.83. The number of fused-ring (bicyclic) bond motifs is 1. The van der Waals surface area contributed by atoms with Gasteiger partial charge < -0.3 is 25.3 Å². The second kappa shape index (κ2) is 8.01. The Morgan fingerprint density at radius 3 is 2.88 bits per heavy atom. The topological polar surface area (TPSA) is 124 Å². The molecule has 4 N–H and O–H groups in total. The summed E-state index contributed by atoms with van der Waals surface area (Å²) in [6, 6.07) is 8.67. The smallest absolute Gasteiger partial charge is 0.326 e. The van der Waals surface area contributed by atoms with Crippen molar-refractivity contribution in [2.24, 2.45) is 0 Å². The summed E-state index contributed by atoms with van der Waals surface area (Å²) in [5, 5.41) is 13.8. The summed E-state index contributed by atoms with van der Waals surface area (Å²) in [6.07, 6.45) is 2.32. The molecule has 174 valence electrons. The van der Waals surface area contributed by atoms with E-state index in [1.807, 2.05) is 17.9 Å². The van der Waals surface area contributed by atoms with Crippen LogP contribution in [0.2, 0.25) is 0 Å². The molecule has 10 nitrogen and oxygen atoms in total. The van der Waals surface area contributed by atoms with Crippen molar-refractivity contribution < 1.29 is 13.9 Å². The Morgan fingerprint density at radius 1 is 1.18 bits per heavy atom. The molecule has 0 radical (unpaired) electrons. The number of nitrogens with one attached hydrogen (secondary N) is 4. The zero-order valence-electron chi connectivity index (χ0n) is 18.5. The van der Waals surface area contributed by atoms with Gasteiger partial charge in [-0.3, -0.25) is 9.89 Å². The number of rotatable bonds is 6. The minimum Gasteiger partial charge on any atom is -0.421 e. The van der Waals surface area contributed by atoms with E-state index in [9.17, 15) is 4.79 Å². The number of hydrogen-bond donors (Lipinski definition) is 4. The molecule has 4 aromatic rings. The minimum atomic E-state index is -0.496. The lowest BCUT2D eigenvalue weighted by Gasteiger charge is -2.27. The molecular formula is C23H23FN8O2. The molecule has 0 atom stereocenters. The minimum absolute atomic E-state index is 0.0155. The summed E-state index contributed by atoms with van der Waals surface area (Å²) in [7, 11) is 0. The molecule has 34 heavy (non-hydrogen) atoms. The Balaban J connectivity index is 1.34. The number of hydrogen-bond acceptors (Lipinski definition) is 7. The van der Waals surface area contributed by atoms with Gasteiger partial charge in [0.2, 0.25) is 5.91 Å². The second-order valence-corrected chi connectivity index (χ2v) is 8.67. The lowest BCUT2D eigenvalue weighted by molar-refractivity contribution is -0.120. The summed E-state index contributed by atoms with van der Waals surface area (Å²) in [5.74, 6) is 1.50. The van der Waals surface area contributed by atoms with Gasteiger partial charge in [0.15, 0.2) is 17.4 Å². The summed E-state index contributed by atoms with van der Waals surface area (Å²) in [4.78, 5) is 25.8. The van der Waals surface area contributed by atoms with Crippen LogP contribution in [0.5, 0.6) is 11.8 Å². The monoisotopic (exact) mass is 462 g/mol. The molecule has 1 aromatic carbocycles. The van der Waals surface area contributed by atoms with Crippen LogP contribution in [-0.2, 0) is 4.79 Å². The molecule has 6 rings (SSSR count). The highest BCUT2D eigenvalue weighted by Gasteiger charge is 2.26. The van der Waals surface area contributed by atoms with Crippen molar-refractivity contribution >= 4 is 34.3 Å². The summed E-state index contributed by atoms with van der Waals surface area (Å²) in [6.45, 7) is 3.11. The van der Waals surface area contributed by atoms with Crippen LogP contribution in [0, 0.1) is 12.7 Å². The molecule has 0 bridgehead atoms. The van der Waals surface area contributed by atoms with Crippen molar-refractivity contribution in [2.75, 3.05) is 29.9 Å². The first kappa shape index (κ1) is 20.5. The van der Waals surface area contributed by atoms with Crippen LogP contribution in [0.25, 0.3) is 10.9 Å². The number of ether oxygens (including phenoxy) is 1. The van der Waals surface area contributed by atoms with Gasteiger partial charge in [0.25, 0.3) is 0 Å². The predicted octanol–water partition coefficient (Wildman–Crippen LogP) is 3.48. The fourth-order valence-corrected chi connectivity index (χ4v) is 4.12. The Hall–Kier alpha value is -4.15. The fourth-order valence-electron chi connectivity index (χ4n) is 4.12. The van der Waals surface area contributed by atoms with Crippen LogP contribution < -0.4 is 20.3 Å². The molecule has 2 fully saturated rings. The van der Waals surface area contributed by atoms with Gasteiger partial charge in [0.05, 0.1) is 6.54 Å². The number of nitrogens with zero attached hydrogens (tertiary/aromatic N) is 4. The van der Waals surface area contributed by atoms with Gasteiger partial charge in [-0.2, -0.15) is 15.1 Å². The number of piperazine rings is 1. The SMILES string of the molecule is Cc1cc2c(F)c(Oc3nc(Nc4cc(C5CC5)[nH]n4)cc(N4CCNC(=O)C4)n3)ccc2[nH]1. The van der Waals surface area contributed by atoms with Crippen LogP contribution in [0.15, 0.2) is 30.3 Å². The van der Waals surface area contributed by atoms with Crippen molar-refractivity contribution in [3.05, 3.63) is 47.5 Å². The van der Waals surface area contributed by atoms with Crippen LogP contribution >= 0.6 is 0 Å². The van der Waals surface area contributed by atoms with E-state index in [1.54, 1.807) is 24.3 Å². The quantitative estimate of drug-likeness (QED) is 0.346. The highest BCUT2D eigenvalue weighted by Crippen LogP contribution is 2.40. The normalized spacial score (nSPS) is 16.1. The molecular weight excluding hydrogens is 439 g/mol. The van der Waals surface area contributed by atoms with Gasteiger partial charge in [-0.25, -0.2) is 4.39 Å². The lowest BCUT2D eigenvalue weighted by atomic mass is 10.2. The third-order valence-corrected chi connectivity index (χ3v) is 5.96. The molecule has 0 spiro atoms. The van der Waals surface area contributed by atoms with Crippen molar-refractivity contribution in [2.45, 2.75) is 25.7 Å². The van der Waals surface area contributed by atoms with E-state index in [1.165, 1.54) is 0 Å². The van der Waals surface area contributed by atoms with Gasteiger partial charge in [-0.15, -0.1) is 0 Å². The van der Waals surface area contributed by atoms with Crippen LogP contribution in [0.3, 0.4) is 0 Å². The average Bonchev–Trinajstić information content (AvgIpc) is 3.44. The molecule has 1 saturated heterocycles. The van der Waals surface area contributed by atoms with Gasteiger partial charge >= 0.3 is 6.01 Å². The maximum Gasteiger partial charge on any atom is 0.326 e. The number of halogens is 1. The number of carbonyl (C=O) groups is 1. The highest BCUT2D eigenvalue weighted by atomic mass is 19.1. The Morgan fingerprint density at radius 2 is 2.06 bits per heavy atom. The first-order valence-corrected chi connectivity index (χ1v) is 11.2. The summed E-state index contributed by atoms with van der Waals surface area (Å²) < 4.78 is 20.9. The fraction of sp³-hybridized carbons (Fsp3) is 0.304. The maximum absolute atomic E-state index is 15.1. The van der Waals surface area contributed by atoms with Gasteiger partial charge in [0, 0.05) is 53.4 Å². The largest absolute Gasteiger partial charge is 0.421 e. The van der Waals surface area contributed by atoms with Crippen molar-refractivity contribution in [1.29, 1.82) is 0 Å². The van der Waals surface area contributed by atoms with Crippen molar-refractivity contribution in [3.63, 3.8) is 0 Å². The van der Waals surface area contributed by atoms with E-state index >= 15 is 4.39 Å². The number of carbonyl (C=O) groups excluding carboxylic acids is 1. The first-order valence-electron chi connectivity index (χ1n) is 11.2. The van der Waals surface area contributed by atoms with E-state index in [0.717, 1.165) is 24.2 Å².